The van der Waals surface area contributed by atoms with Crippen LogP contribution in [0.5, 0.6) is 0 Å². The van der Waals surface area contributed by atoms with E-state index in [2.05, 4.69) is 20.7 Å². The summed E-state index contributed by atoms with van der Waals surface area (Å²) in [4.78, 5) is 12.3. The number of aromatic nitrogens is 3. The summed E-state index contributed by atoms with van der Waals surface area (Å²) >= 11 is 1.26. The van der Waals surface area contributed by atoms with E-state index in [-0.39, 0.29) is 17.5 Å². The molecule has 1 aromatic heterocycles. The van der Waals surface area contributed by atoms with Gasteiger partial charge in [-0.15, -0.1) is 10.2 Å². The minimum Gasteiger partial charge on any atom is -0.272 e. The molecule has 0 atom stereocenters. The molecule has 6 nitrogen and oxygen atoms in total. The van der Waals surface area contributed by atoms with Gasteiger partial charge in [0.25, 0.3) is 5.91 Å². The van der Waals surface area contributed by atoms with Gasteiger partial charge in [-0.05, 0) is 36.8 Å². The van der Waals surface area contributed by atoms with Gasteiger partial charge in [0.1, 0.15) is 5.82 Å². The number of aryl methyl sites for hydroxylation is 1. The van der Waals surface area contributed by atoms with Gasteiger partial charge in [0.2, 0.25) is 0 Å². The van der Waals surface area contributed by atoms with Crippen molar-refractivity contribution in [2.45, 2.75) is 12.1 Å². The Kier molecular flexibility index (Phi) is 6.72. The van der Waals surface area contributed by atoms with Gasteiger partial charge in [0.15, 0.2) is 11.0 Å². The van der Waals surface area contributed by atoms with Gasteiger partial charge in [-0.25, -0.2) is 9.82 Å². The normalized spacial score (nSPS) is 11.1. The first kappa shape index (κ1) is 21.5. The maximum Gasteiger partial charge on any atom is 0.250 e. The average Bonchev–Trinajstić information content (AvgIpc) is 3.23. The predicted octanol–water partition coefficient (Wildman–Crippen LogP) is 4.62. The number of halogens is 1. The quantitative estimate of drug-likeness (QED) is 0.256. The topological polar surface area (TPSA) is 72.2 Å². The Hall–Kier alpha value is -3.78. The van der Waals surface area contributed by atoms with Crippen LogP contribution in [0.25, 0.3) is 17.1 Å². The van der Waals surface area contributed by atoms with Crippen molar-refractivity contribution in [3.63, 3.8) is 0 Å². The zero-order valence-corrected chi connectivity index (χ0v) is 18.1. The summed E-state index contributed by atoms with van der Waals surface area (Å²) in [5, 5.41) is 13.2. The molecule has 0 bridgehead atoms. The van der Waals surface area contributed by atoms with Crippen molar-refractivity contribution in [3.05, 3.63) is 95.8 Å². The van der Waals surface area contributed by atoms with Crippen LogP contribution in [-0.4, -0.2) is 32.6 Å². The van der Waals surface area contributed by atoms with Crippen molar-refractivity contribution in [2.24, 2.45) is 5.10 Å². The van der Waals surface area contributed by atoms with Crippen molar-refractivity contribution < 1.29 is 9.18 Å². The molecule has 0 radical (unpaired) electrons. The first-order chi connectivity index (χ1) is 15.6. The van der Waals surface area contributed by atoms with E-state index >= 15 is 0 Å². The maximum absolute atomic E-state index is 13.2. The standard InChI is InChI=1S/C24H20FN5OS/c1-17-10-12-19(13-11-17)23-28-29-24(30(23)21-8-3-2-4-9-21)32-16-22(31)27-26-15-18-6-5-7-20(25)14-18/h2-15H,16H2,1H3,(H,27,31)/b26-15-. The van der Waals surface area contributed by atoms with Gasteiger partial charge in [-0.1, -0.05) is 71.9 Å². The van der Waals surface area contributed by atoms with Gasteiger partial charge < -0.3 is 0 Å². The van der Waals surface area contributed by atoms with E-state index in [4.69, 9.17) is 0 Å². The Balaban J connectivity index is 1.49. The van der Waals surface area contributed by atoms with E-state index in [1.165, 1.54) is 30.1 Å². The van der Waals surface area contributed by atoms with Crippen LogP contribution in [0.1, 0.15) is 11.1 Å². The molecule has 160 valence electrons. The highest BCUT2D eigenvalue weighted by Gasteiger charge is 2.17. The fourth-order valence-electron chi connectivity index (χ4n) is 2.99. The number of hydrogen-bond donors (Lipinski definition) is 1. The number of amides is 1. The molecular formula is C24H20FN5OS. The third-order valence-electron chi connectivity index (χ3n) is 4.54. The molecule has 0 aliphatic heterocycles. The number of hydrogen-bond acceptors (Lipinski definition) is 5. The SMILES string of the molecule is Cc1ccc(-c2nnc(SCC(=O)N/N=C\c3cccc(F)c3)n2-c2ccccc2)cc1. The molecule has 0 spiro atoms. The zero-order valence-electron chi connectivity index (χ0n) is 17.3. The molecule has 0 saturated carbocycles. The van der Waals surface area contributed by atoms with Gasteiger partial charge in [0.05, 0.1) is 12.0 Å². The summed E-state index contributed by atoms with van der Waals surface area (Å²) < 4.78 is 15.1. The van der Waals surface area contributed by atoms with Crippen molar-refractivity contribution in [3.8, 4) is 17.1 Å². The Morgan fingerprint density at radius 1 is 1.06 bits per heavy atom. The Labute approximate surface area is 189 Å². The molecule has 4 aromatic rings. The minimum absolute atomic E-state index is 0.0966. The van der Waals surface area contributed by atoms with Crippen molar-refractivity contribution in [2.75, 3.05) is 5.75 Å². The monoisotopic (exact) mass is 445 g/mol. The number of nitrogens with zero attached hydrogens (tertiary/aromatic N) is 4. The lowest BCUT2D eigenvalue weighted by Gasteiger charge is -2.10. The van der Waals surface area contributed by atoms with Crippen LogP contribution in [-0.2, 0) is 4.79 Å². The molecule has 1 heterocycles. The van der Waals surface area contributed by atoms with Crippen molar-refractivity contribution in [1.29, 1.82) is 0 Å². The number of rotatable bonds is 7. The minimum atomic E-state index is -0.361. The van der Waals surface area contributed by atoms with E-state index in [0.29, 0.717) is 16.5 Å². The zero-order chi connectivity index (χ0) is 22.3. The second kappa shape index (κ2) is 10.0. The first-order valence-electron chi connectivity index (χ1n) is 9.88. The predicted molar refractivity (Wildman–Crippen MR) is 124 cm³/mol. The lowest BCUT2D eigenvalue weighted by atomic mass is 10.1. The molecule has 32 heavy (non-hydrogen) atoms. The largest absolute Gasteiger partial charge is 0.272 e. The smallest absolute Gasteiger partial charge is 0.250 e. The first-order valence-corrected chi connectivity index (χ1v) is 10.9. The summed E-state index contributed by atoms with van der Waals surface area (Å²) in [6.07, 6.45) is 1.40. The molecule has 0 saturated heterocycles. The second-order valence-electron chi connectivity index (χ2n) is 6.98. The lowest BCUT2D eigenvalue weighted by Crippen LogP contribution is -2.20. The van der Waals surface area contributed by atoms with Crippen LogP contribution in [0, 0.1) is 12.7 Å². The average molecular weight is 446 g/mol. The highest BCUT2D eigenvalue weighted by atomic mass is 32.2. The molecule has 0 aliphatic rings. The van der Waals surface area contributed by atoms with Crippen molar-refractivity contribution >= 4 is 23.9 Å². The Morgan fingerprint density at radius 2 is 1.84 bits per heavy atom. The molecule has 0 aliphatic carbocycles. The van der Waals surface area contributed by atoms with E-state index < -0.39 is 0 Å². The summed E-state index contributed by atoms with van der Waals surface area (Å²) in [6, 6.07) is 23.8. The van der Waals surface area contributed by atoms with Crippen LogP contribution < -0.4 is 5.43 Å². The fraction of sp³-hybridized carbons (Fsp3) is 0.0833. The Bertz CT molecular complexity index is 1240. The van der Waals surface area contributed by atoms with E-state index in [1.807, 2.05) is 66.1 Å². The van der Waals surface area contributed by atoms with Gasteiger partial charge in [-0.3, -0.25) is 9.36 Å². The summed E-state index contributed by atoms with van der Waals surface area (Å²) in [5.74, 6) is 0.130. The van der Waals surface area contributed by atoms with Crippen LogP contribution in [0.2, 0.25) is 0 Å². The highest BCUT2D eigenvalue weighted by Crippen LogP contribution is 2.28. The van der Waals surface area contributed by atoms with E-state index in [9.17, 15) is 9.18 Å². The molecule has 1 amide bonds. The molecular weight excluding hydrogens is 425 g/mol. The number of thioether (sulfide) groups is 1. The van der Waals surface area contributed by atoms with Crippen LogP contribution in [0.15, 0.2) is 89.1 Å². The summed E-state index contributed by atoms with van der Waals surface area (Å²) in [6.45, 7) is 2.03. The van der Waals surface area contributed by atoms with Gasteiger partial charge in [-0.2, -0.15) is 5.10 Å². The van der Waals surface area contributed by atoms with E-state index in [1.54, 1.807) is 12.1 Å². The number of hydrazone groups is 1. The molecule has 1 N–H and O–H groups in total. The van der Waals surface area contributed by atoms with Crippen LogP contribution in [0.4, 0.5) is 4.39 Å². The third kappa shape index (κ3) is 5.28. The summed E-state index contributed by atoms with van der Waals surface area (Å²) in [7, 11) is 0. The Morgan fingerprint density at radius 3 is 2.59 bits per heavy atom. The van der Waals surface area contributed by atoms with Crippen molar-refractivity contribution in [1.82, 2.24) is 20.2 Å². The molecule has 0 unspecified atom stereocenters. The van der Waals surface area contributed by atoms with Crippen LogP contribution in [0.3, 0.4) is 0 Å². The number of para-hydroxylation sites is 1. The molecule has 0 fully saturated rings. The van der Waals surface area contributed by atoms with Gasteiger partial charge >= 0.3 is 0 Å². The molecule has 3 aromatic carbocycles. The third-order valence-corrected chi connectivity index (χ3v) is 5.47. The lowest BCUT2D eigenvalue weighted by molar-refractivity contribution is -0.118. The van der Waals surface area contributed by atoms with Crippen LogP contribution >= 0.6 is 11.8 Å². The van der Waals surface area contributed by atoms with Gasteiger partial charge in [0, 0.05) is 11.3 Å². The highest BCUT2D eigenvalue weighted by molar-refractivity contribution is 7.99. The second-order valence-corrected chi connectivity index (χ2v) is 7.92. The molecule has 4 rings (SSSR count). The molecule has 8 heteroatoms. The number of carbonyl (C=O) groups excluding carboxylic acids is 1. The fourth-order valence-corrected chi connectivity index (χ4v) is 3.74. The summed E-state index contributed by atoms with van der Waals surface area (Å²) in [5.41, 5.74) is 6.01. The number of benzene rings is 3. The number of carbonyl (C=O) groups is 1. The maximum atomic E-state index is 13.2. The number of nitrogens with one attached hydrogen (secondary N) is 1. The van der Waals surface area contributed by atoms with E-state index in [0.717, 1.165) is 16.8 Å².